The van der Waals surface area contributed by atoms with Crippen LogP contribution in [0.1, 0.15) is 0 Å². The molecule has 0 aliphatic rings. The Balaban J connectivity index is 0.000000845. The van der Waals surface area contributed by atoms with Crippen LogP contribution < -0.4 is 5.73 Å². The second kappa shape index (κ2) is 3.40. The Morgan fingerprint density at radius 3 is 3.00 bits per heavy atom. The van der Waals surface area contributed by atoms with Crippen LogP contribution in [0.15, 0.2) is 24.8 Å². The van der Waals surface area contributed by atoms with Gasteiger partial charge in [0.2, 0.25) is 0 Å². The monoisotopic (exact) mass is 198 g/mol. The highest BCUT2D eigenvalue weighted by Crippen LogP contribution is 2.09. The molecule has 0 atom stereocenters. The van der Waals surface area contributed by atoms with E-state index in [-0.39, 0.29) is 12.4 Å². The minimum absolute atomic E-state index is 0. The van der Waals surface area contributed by atoms with Gasteiger partial charge in [-0.25, -0.2) is 14.8 Å². The van der Waals surface area contributed by atoms with E-state index in [0.29, 0.717) is 5.65 Å². The fourth-order valence-electron chi connectivity index (χ4n) is 1.06. The van der Waals surface area contributed by atoms with Gasteiger partial charge in [-0.1, -0.05) is 0 Å². The van der Waals surface area contributed by atoms with Crippen molar-refractivity contribution in [2.45, 2.75) is 0 Å². The lowest BCUT2D eigenvalue weighted by molar-refractivity contribution is 0.251. The van der Waals surface area contributed by atoms with E-state index < -0.39 is 6.03 Å². The first-order chi connectivity index (χ1) is 5.79. The molecular weight excluding hydrogens is 192 g/mol. The van der Waals surface area contributed by atoms with Gasteiger partial charge in [-0.05, 0) is 6.07 Å². The van der Waals surface area contributed by atoms with E-state index in [1.54, 1.807) is 18.5 Å². The van der Waals surface area contributed by atoms with E-state index in [0.717, 1.165) is 5.39 Å². The summed E-state index contributed by atoms with van der Waals surface area (Å²) in [6.45, 7) is 0. The molecule has 0 fully saturated rings. The first-order valence-electron chi connectivity index (χ1n) is 3.36. The van der Waals surface area contributed by atoms with Crippen molar-refractivity contribution in [3.05, 3.63) is 24.8 Å². The molecule has 5 nitrogen and oxygen atoms in total. The van der Waals surface area contributed by atoms with Crippen molar-refractivity contribution in [3.8, 4) is 0 Å². The van der Waals surface area contributed by atoms with Crippen LogP contribution >= 0.6 is 12.4 Å². The number of hydrogen-bond donors (Lipinski definition) is 1. The fraction of sp³-hybridized carbons (Fsp3) is 0. The number of hydrogen-bond acceptors (Lipinski definition) is 3. The van der Waals surface area contributed by atoms with E-state index in [1.807, 2.05) is 0 Å². The molecule has 2 heterocycles. The molecule has 0 bridgehead atoms. The quantitative estimate of drug-likeness (QED) is 0.680. The van der Waals surface area contributed by atoms with E-state index >= 15 is 0 Å². The summed E-state index contributed by atoms with van der Waals surface area (Å²) in [5.74, 6) is 0. The minimum Gasteiger partial charge on any atom is -0.351 e. The summed E-state index contributed by atoms with van der Waals surface area (Å²) < 4.78 is 1.27. The van der Waals surface area contributed by atoms with E-state index in [1.165, 1.54) is 10.9 Å². The van der Waals surface area contributed by atoms with Crippen LogP contribution in [-0.4, -0.2) is 20.6 Å². The van der Waals surface area contributed by atoms with Crippen molar-refractivity contribution in [2.75, 3.05) is 0 Å². The molecule has 2 aromatic heterocycles. The number of carbonyl (C=O) groups is 1. The zero-order chi connectivity index (χ0) is 8.55. The number of amides is 1. The van der Waals surface area contributed by atoms with Crippen molar-refractivity contribution >= 4 is 29.5 Å². The summed E-state index contributed by atoms with van der Waals surface area (Å²) in [5.41, 5.74) is 5.63. The molecule has 6 heteroatoms. The lowest BCUT2D eigenvalue weighted by Crippen LogP contribution is -2.18. The van der Waals surface area contributed by atoms with Crippen LogP contribution in [-0.2, 0) is 0 Å². The number of fused-ring (bicyclic) bond motifs is 1. The maximum absolute atomic E-state index is 10.8. The Hall–Kier alpha value is -1.62. The average Bonchev–Trinajstić information content (AvgIpc) is 2.47. The summed E-state index contributed by atoms with van der Waals surface area (Å²) in [6, 6.07) is 1.20. The van der Waals surface area contributed by atoms with Gasteiger partial charge in [0.25, 0.3) is 0 Å². The van der Waals surface area contributed by atoms with E-state index in [4.69, 9.17) is 5.73 Å². The van der Waals surface area contributed by atoms with Gasteiger partial charge in [0.05, 0.1) is 0 Å². The minimum atomic E-state index is -0.538. The van der Waals surface area contributed by atoms with Crippen molar-refractivity contribution in [1.29, 1.82) is 0 Å². The molecule has 0 aromatic carbocycles. The summed E-state index contributed by atoms with van der Waals surface area (Å²) >= 11 is 0. The predicted octanol–water partition coefficient (Wildman–Crippen LogP) is 0.780. The van der Waals surface area contributed by atoms with Crippen molar-refractivity contribution < 1.29 is 4.79 Å². The number of aromatic nitrogens is 3. The largest absolute Gasteiger partial charge is 0.351 e. The third-order valence-corrected chi connectivity index (χ3v) is 1.59. The third kappa shape index (κ3) is 1.46. The highest BCUT2D eigenvalue weighted by Gasteiger charge is 2.04. The van der Waals surface area contributed by atoms with Gasteiger partial charge in [-0.3, -0.25) is 4.57 Å². The molecule has 2 N–H and O–H groups in total. The van der Waals surface area contributed by atoms with Crippen LogP contribution in [0.3, 0.4) is 0 Å². The molecule has 0 unspecified atom stereocenters. The number of carbonyl (C=O) groups excluding carboxylic acids is 1. The molecule has 0 saturated heterocycles. The Labute approximate surface area is 80.0 Å². The fourth-order valence-corrected chi connectivity index (χ4v) is 1.06. The Morgan fingerprint density at radius 2 is 2.31 bits per heavy atom. The zero-order valence-electron chi connectivity index (χ0n) is 6.54. The van der Waals surface area contributed by atoms with Gasteiger partial charge >= 0.3 is 6.03 Å². The average molecular weight is 199 g/mol. The molecule has 2 rings (SSSR count). The molecule has 13 heavy (non-hydrogen) atoms. The number of nitrogens with zero attached hydrogens (tertiary/aromatic N) is 3. The number of nitrogens with two attached hydrogens (primary N) is 1. The summed E-state index contributed by atoms with van der Waals surface area (Å²) in [6.07, 6.45) is 4.57. The van der Waals surface area contributed by atoms with E-state index in [9.17, 15) is 4.79 Å². The highest BCUT2D eigenvalue weighted by molar-refractivity contribution is 5.87. The molecule has 0 spiro atoms. The molecular formula is C7H7ClN4O. The second-order valence-electron chi connectivity index (χ2n) is 2.33. The van der Waals surface area contributed by atoms with Gasteiger partial charge < -0.3 is 5.73 Å². The van der Waals surface area contributed by atoms with Crippen molar-refractivity contribution in [3.63, 3.8) is 0 Å². The molecule has 0 aliphatic heterocycles. The van der Waals surface area contributed by atoms with Gasteiger partial charge in [0, 0.05) is 17.8 Å². The van der Waals surface area contributed by atoms with Gasteiger partial charge in [-0.2, -0.15) is 0 Å². The molecule has 68 valence electrons. The lowest BCUT2D eigenvalue weighted by Gasteiger charge is -1.95. The van der Waals surface area contributed by atoms with Crippen LogP contribution in [0.25, 0.3) is 11.0 Å². The Bertz CT molecular complexity index is 439. The van der Waals surface area contributed by atoms with Crippen LogP contribution in [0.2, 0.25) is 0 Å². The van der Waals surface area contributed by atoms with Crippen LogP contribution in [0.5, 0.6) is 0 Å². The predicted molar refractivity (Wildman–Crippen MR) is 49.8 cm³/mol. The second-order valence-corrected chi connectivity index (χ2v) is 2.33. The molecule has 2 aromatic rings. The van der Waals surface area contributed by atoms with Gasteiger partial charge in [-0.15, -0.1) is 12.4 Å². The standard InChI is InChI=1S/C7H6N4O.ClH/c8-7(12)11-2-1-5-3-9-4-10-6(5)11;/h1-4H,(H2,8,12);1H. The Morgan fingerprint density at radius 1 is 1.54 bits per heavy atom. The first-order valence-corrected chi connectivity index (χ1v) is 3.36. The summed E-state index contributed by atoms with van der Waals surface area (Å²) in [7, 11) is 0. The maximum atomic E-state index is 10.8. The SMILES string of the molecule is Cl.NC(=O)n1ccc2cncnc21. The number of halogens is 1. The number of primary amides is 1. The highest BCUT2D eigenvalue weighted by atomic mass is 35.5. The van der Waals surface area contributed by atoms with Gasteiger partial charge in [0.1, 0.15) is 6.33 Å². The molecule has 0 radical (unpaired) electrons. The van der Waals surface area contributed by atoms with Crippen molar-refractivity contribution in [2.24, 2.45) is 5.73 Å². The zero-order valence-corrected chi connectivity index (χ0v) is 7.36. The van der Waals surface area contributed by atoms with Crippen LogP contribution in [0, 0.1) is 0 Å². The maximum Gasteiger partial charge on any atom is 0.324 e. The summed E-state index contributed by atoms with van der Waals surface area (Å²) in [4.78, 5) is 18.5. The van der Waals surface area contributed by atoms with Gasteiger partial charge in [0.15, 0.2) is 5.65 Å². The molecule has 0 aliphatic carbocycles. The molecule has 1 amide bonds. The first kappa shape index (κ1) is 9.47. The smallest absolute Gasteiger partial charge is 0.324 e. The summed E-state index contributed by atoms with van der Waals surface area (Å²) in [5, 5.41) is 0.802. The van der Waals surface area contributed by atoms with Crippen molar-refractivity contribution in [1.82, 2.24) is 14.5 Å². The molecule has 0 saturated carbocycles. The topological polar surface area (TPSA) is 73.8 Å². The Kier molecular flexibility index (Phi) is 2.48. The normalized spacial score (nSPS) is 9.54. The van der Waals surface area contributed by atoms with E-state index in [2.05, 4.69) is 9.97 Å². The number of rotatable bonds is 0. The third-order valence-electron chi connectivity index (χ3n) is 1.59. The lowest BCUT2D eigenvalue weighted by atomic mass is 10.4. The van der Waals surface area contributed by atoms with Crippen LogP contribution in [0.4, 0.5) is 4.79 Å².